The molecule has 1 aromatic carbocycles. The second kappa shape index (κ2) is 6.67. The van der Waals surface area contributed by atoms with Crippen LogP contribution in [-0.4, -0.2) is 27.1 Å². The van der Waals surface area contributed by atoms with Gasteiger partial charge in [0.15, 0.2) is 0 Å². The Morgan fingerprint density at radius 2 is 2.10 bits per heavy atom. The van der Waals surface area contributed by atoms with Crippen molar-refractivity contribution < 1.29 is 0 Å². The molecule has 0 aliphatic heterocycles. The quantitative estimate of drug-likeness (QED) is 0.911. The van der Waals surface area contributed by atoms with Gasteiger partial charge < -0.3 is 9.88 Å². The van der Waals surface area contributed by atoms with Crippen LogP contribution in [0.5, 0.6) is 0 Å². The molecule has 0 amide bonds. The van der Waals surface area contributed by atoms with Gasteiger partial charge in [-0.15, -0.1) is 0 Å². The lowest BCUT2D eigenvalue weighted by Gasteiger charge is -2.24. The van der Waals surface area contributed by atoms with E-state index >= 15 is 0 Å². The summed E-state index contributed by atoms with van der Waals surface area (Å²) in [6.07, 6.45) is 11.9. The van der Waals surface area contributed by atoms with Crippen molar-refractivity contribution in [3.63, 3.8) is 0 Å². The van der Waals surface area contributed by atoms with Gasteiger partial charge in [-0.1, -0.05) is 18.6 Å². The maximum atomic E-state index is 4.09. The first-order valence-electron chi connectivity index (χ1n) is 7.65. The Morgan fingerprint density at radius 1 is 1.29 bits per heavy atom. The number of thioether (sulfide) groups is 1. The first kappa shape index (κ1) is 14.7. The van der Waals surface area contributed by atoms with Crippen LogP contribution in [0.1, 0.15) is 37.8 Å². The molecule has 1 aliphatic carbocycles. The van der Waals surface area contributed by atoms with Gasteiger partial charge in [0.25, 0.3) is 0 Å². The fourth-order valence-corrected chi connectivity index (χ4v) is 4.11. The summed E-state index contributed by atoms with van der Waals surface area (Å²) < 4.78 is 2.03. The van der Waals surface area contributed by atoms with Gasteiger partial charge >= 0.3 is 0 Å². The summed E-state index contributed by atoms with van der Waals surface area (Å²) in [4.78, 5) is 4.09. The van der Waals surface area contributed by atoms with Gasteiger partial charge in [-0.3, -0.25) is 0 Å². The molecular weight excluding hydrogens is 278 g/mol. The molecule has 21 heavy (non-hydrogen) atoms. The molecule has 1 aliphatic rings. The standard InChI is InChI=1S/C17H23N3S/c1-13(19-16-4-3-5-17(16)21-2)14-6-8-15(9-7-14)20-11-10-18-12-20/h6-13,16-17,19H,3-5H2,1-2H3. The minimum Gasteiger partial charge on any atom is -0.306 e. The Morgan fingerprint density at radius 3 is 2.76 bits per heavy atom. The van der Waals surface area contributed by atoms with Gasteiger partial charge in [0.1, 0.15) is 0 Å². The number of hydrogen-bond acceptors (Lipinski definition) is 3. The van der Waals surface area contributed by atoms with E-state index in [0.717, 1.165) is 10.9 Å². The predicted molar refractivity (Wildman–Crippen MR) is 90.1 cm³/mol. The largest absolute Gasteiger partial charge is 0.306 e. The Labute approximate surface area is 131 Å². The summed E-state index contributed by atoms with van der Waals surface area (Å²) in [5.41, 5.74) is 2.51. The van der Waals surface area contributed by atoms with Gasteiger partial charge in [0, 0.05) is 35.4 Å². The van der Waals surface area contributed by atoms with Gasteiger partial charge in [-0.05, 0) is 43.7 Å². The lowest BCUT2D eigenvalue weighted by atomic mass is 10.1. The van der Waals surface area contributed by atoms with Crippen LogP contribution in [0.15, 0.2) is 43.0 Å². The van der Waals surface area contributed by atoms with Crippen LogP contribution in [-0.2, 0) is 0 Å². The second-order valence-electron chi connectivity index (χ2n) is 5.76. The van der Waals surface area contributed by atoms with Gasteiger partial charge in [0.2, 0.25) is 0 Å². The fraction of sp³-hybridized carbons (Fsp3) is 0.471. The van der Waals surface area contributed by atoms with E-state index in [4.69, 9.17) is 0 Å². The van der Waals surface area contributed by atoms with Gasteiger partial charge in [-0.2, -0.15) is 11.8 Å². The number of hydrogen-bond donors (Lipinski definition) is 1. The van der Waals surface area contributed by atoms with E-state index in [0.29, 0.717) is 12.1 Å². The molecule has 1 aromatic heterocycles. The van der Waals surface area contributed by atoms with Crippen molar-refractivity contribution in [2.24, 2.45) is 0 Å². The molecule has 3 unspecified atom stereocenters. The number of benzene rings is 1. The molecule has 3 rings (SSSR count). The maximum Gasteiger partial charge on any atom is 0.0991 e. The molecule has 0 radical (unpaired) electrons. The average Bonchev–Trinajstić information content (AvgIpc) is 3.18. The fourth-order valence-electron chi connectivity index (χ4n) is 3.16. The predicted octanol–water partition coefficient (Wildman–Crippen LogP) is 3.81. The second-order valence-corrected chi connectivity index (χ2v) is 6.84. The maximum absolute atomic E-state index is 4.09. The number of nitrogens with zero attached hydrogens (tertiary/aromatic N) is 2. The SMILES string of the molecule is CSC1CCCC1NC(C)c1ccc(-n2ccnc2)cc1. The summed E-state index contributed by atoms with van der Waals surface area (Å²) in [5.74, 6) is 0. The van der Waals surface area contributed by atoms with Crippen molar-refractivity contribution in [2.75, 3.05) is 6.26 Å². The van der Waals surface area contributed by atoms with E-state index in [-0.39, 0.29) is 0 Å². The van der Waals surface area contributed by atoms with Crippen LogP contribution >= 0.6 is 11.8 Å². The van der Waals surface area contributed by atoms with Crippen LogP contribution in [0, 0.1) is 0 Å². The molecule has 0 bridgehead atoms. The lowest BCUT2D eigenvalue weighted by molar-refractivity contribution is 0.467. The molecule has 1 N–H and O–H groups in total. The Hall–Kier alpha value is -1.26. The third kappa shape index (κ3) is 3.33. The topological polar surface area (TPSA) is 29.9 Å². The zero-order chi connectivity index (χ0) is 14.7. The summed E-state index contributed by atoms with van der Waals surface area (Å²) in [7, 11) is 0. The first-order chi connectivity index (χ1) is 10.3. The Balaban J connectivity index is 1.66. The summed E-state index contributed by atoms with van der Waals surface area (Å²) in [6, 6.07) is 9.82. The molecule has 0 saturated heterocycles. The monoisotopic (exact) mass is 301 g/mol. The third-order valence-electron chi connectivity index (χ3n) is 4.42. The van der Waals surface area contributed by atoms with Crippen molar-refractivity contribution >= 4 is 11.8 Å². The molecule has 1 heterocycles. The molecule has 3 nitrogen and oxygen atoms in total. The summed E-state index contributed by atoms with van der Waals surface area (Å²) in [5, 5.41) is 4.59. The van der Waals surface area contributed by atoms with E-state index < -0.39 is 0 Å². The van der Waals surface area contributed by atoms with E-state index in [1.807, 2.05) is 28.9 Å². The summed E-state index contributed by atoms with van der Waals surface area (Å²) in [6.45, 7) is 2.27. The Bertz CT molecular complexity index is 550. The van der Waals surface area contributed by atoms with Crippen LogP contribution in [0.2, 0.25) is 0 Å². The summed E-state index contributed by atoms with van der Waals surface area (Å²) >= 11 is 2.01. The van der Waals surface area contributed by atoms with Crippen LogP contribution in [0.25, 0.3) is 5.69 Å². The average molecular weight is 301 g/mol. The van der Waals surface area contributed by atoms with Crippen molar-refractivity contribution in [3.8, 4) is 5.69 Å². The molecule has 0 spiro atoms. The molecule has 4 heteroatoms. The van der Waals surface area contributed by atoms with Crippen LogP contribution in [0.4, 0.5) is 0 Å². The number of rotatable bonds is 5. The van der Waals surface area contributed by atoms with Gasteiger partial charge in [-0.25, -0.2) is 4.98 Å². The van der Waals surface area contributed by atoms with E-state index in [1.165, 1.54) is 24.8 Å². The molecule has 3 atom stereocenters. The molecule has 1 fully saturated rings. The lowest BCUT2D eigenvalue weighted by Crippen LogP contribution is -2.35. The van der Waals surface area contributed by atoms with Crippen LogP contribution in [0.3, 0.4) is 0 Å². The minimum absolute atomic E-state index is 0.402. The van der Waals surface area contributed by atoms with E-state index in [9.17, 15) is 0 Å². The van der Waals surface area contributed by atoms with Crippen molar-refractivity contribution in [1.82, 2.24) is 14.9 Å². The number of aromatic nitrogens is 2. The minimum atomic E-state index is 0.402. The van der Waals surface area contributed by atoms with Gasteiger partial charge in [0.05, 0.1) is 6.33 Å². The van der Waals surface area contributed by atoms with E-state index in [2.05, 4.69) is 47.7 Å². The normalized spacial score (nSPS) is 23.3. The molecule has 1 saturated carbocycles. The highest BCUT2D eigenvalue weighted by molar-refractivity contribution is 7.99. The highest BCUT2D eigenvalue weighted by Gasteiger charge is 2.27. The highest BCUT2D eigenvalue weighted by atomic mass is 32.2. The highest BCUT2D eigenvalue weighted by Crippen LogP contribution is 2.30. The van der Waals surface area contributed by atoms with Crippen LogP contribution < -0.4 is 5.32 Å². The first-order valence-corrected chi connectivity index (χ1v) is 8.94. The zero-order valence-electron chi connectivity index (χ0n) is 12.7. The Kier molecular flexibility index (Phi) is 4.66. The number of nitrogens with one attached hydrogen (secondary N) is 1. The molecular formula is C17H23N3S. The van der Waals surface area contributed by atoms with Crippen molar-refractivity contribution in [3.05, 3.63) is 48.5 Å². The third-order valence-corrected chi connectivity index (χ3v) is 5.58. The van der Waals surface area contributed by atoms with E-state index in [1.54, 1.807) is 6.20 Å². The molecule has 2 aromatic rings. The molecule has 112 valence electrons. The smallest absolute Gasteiger partial charge is 0.0991 e. The zero-order valence-corrected chi connectivity index (χ0v) is 13.5. The number of imidazole rings is 1. The van der Waals surface area contributed by atoms with Crippen molar-refractivity contribution in [2.45, 2.75) is 43.5 Å². The van der Waals surface area contributed by atoms with Crippen molar-refractivity contribution in [1.29, 1.82) is 0 Å².